The number of cyclic esters (lactones) is 3. The lowest BCUT2D eigenvalue weighted by Gasteiger charge is -2.38. The van der Waals surface area contributed by atoms with Crippen LogP contribution in [0.1, 0.15) is 100 Å². The van der Waals surface area contributed by atoms with Crippen molar-refractivity contribution in [1.82, 2.24) is 16.0 Å². The van der Waals surface area contributed by atoms with Gasteiger partial charge >= 0.3 is 17.9 Å². The number of aryl methyl sites for hydroxylation is 1. The Morgan fingerprint density at radius 2 is 0.806 bits per heavy atom. The Hall–Kier alpha value is -7.48. The topological polar surface area (TPSA) is 159 Å². The van der Waals surface area contributed by atoms with Gasteiger partial charge in [-0.2, -0.15) is 4.57 Å². The number of aliphatic hydroxyl groups is 1. The Morgan fingerprint density at radius 1 is 0.458 bits per heavy atom. The zero-order chi connectivity index (χ0) is 49.4. The van der Waals surface area contributed by atoms with Crippen LogP contribution in [0.2, 0.25) is 0 Å². The molecule has 0 saturated carbocycles. The van der Waals surface area contributed by atoms with Crippen molar-refractivity contribution >= 4 is 17.9 Å². The number of hydrogen-bond donors (Lipinski definition) is 5. The van der Waals surface area contributed by atoms with Gasteiger partial charge in [-0.1, -0.05) is 182 Å². The van der Waals surface area contributed by atoms with Crippen LogP contribution in [0.4, 0.5) is 0 Å². The molecule has 0 aliphatic carbocycles. The van der Waals surface area contributed by atoms with Crippen LogP contribution in [0, 0.1) is 0 Å². The van der Waals surface area contributed by atoms with E-state index in [9.17, 15) is 24.6 Å². The minimum Gasteiger partial charge on any atom is -0.503 e. The van der Waals surface area contributed by atoms with E-state index in [1.54, 1.807) is 10.8 Å². The summed E-state index contributed by atoms with van der Waals surface area (Å²) in [5.74, 6) is -1.31. The highest BCUT2D eigenvalue weighted by Gasteiger charge is 2.42. The predicted molar refractivity (Wildman–Crippen MR) is 270 cm³/mol. The van der Waals surface area contributed by atoms with Crippen LogP contribution in [0.3, 0.4) is 0 Å². The molecule has 3 fully saturated rings. The fourth-order valence-electron chi connectivity index (χ4n) is 10.5. The summed E-state index contributed by atoms with van der Waals surface area (Å²) in [6, 6.07) is 55.4. The molecule has 10 rings (SSSR count). The number of rotatable bonds is 16. The van der Waals surface area contributed by atoms with Gasteiger partial charge in [0.15, 0.2) is 18.5 Å². The Balaban J connectivity index is 0.900. The van der Waals surface area contributed by atoms with Gasteiger partial charge in [0.2, 0.25) is 6.20 Å². The molecular weight excluding hydrogens is 905 g/mol. The summed E-state index contributed by atoms with van der Waals surface area (Å²) in [7, 11) is 0. The molecule has 0 spiro atoms. The first-order chi connectivity index (χ1) is 35.3. The number of aliphatic hydroxyl groups excluding tert-OH is 1. The van der Waals surface area contributed by atoms with E-state index in [1.165, 1.54) is 0 Å². The third-order valence-electron chi connectivity index (χ3n) is 14.1. The molecule has 12 heteroatoms. The van der Waals surface area contributed by atoms with Gasteiger partial charge in [-0.15, -0.1) is 0 Å². The molecule has 3 saturated heterocycles. The first kappa shape index (κ1) is 48.2. The van der Waals surface area contributed by atoms with Crippen molar-refractivity contribution in [3.05, 3.63) is 239 Å². The van der Waals surface area contributed by atoms with E-state index in [0.717, 1.165) is 33.4 Å². The molecule has 5 N–H and O–H groups in total. The zero-order valence-corrected chi connectivity index (χ0v) is 39.8. The van der Waals surface area contributed by atoms with Crippen molar-refractivity contribution in [2.75, 3.05) is 0 Å². The van der Waals surface area contributed by atoms with Crippen molar-refractivity contribution < 1.29 is 43.4 Å². The molecule has 72 heavy (non-hydrogen) atoms. The highest BCUT2D eigenvalue weighted by Crippen LogP contribution is 2.40. The Morgan fingerprint density at radius 3 is 1.21 bits per heavy atom. The van der Waals surface area contributed by atoms with E-state index in [0.29, 0.717) is 30.4 Å². The predicted octanol–water partition coefficient (Wildman–Crippen LogP) is 8.29. The molecule has 6 aromatic carbocycles. The second-order valence-corrected chi connectivity index (χ2v) is 18.9. The monoisotopic (exact) mass is 963 g/mol. The van der Waals surface area contributed by atoms with Crippen LogP contribution >= 0.6 is 0 Å². The minimum atomic E-state index is -0.919. The second-order valence-electron chi connectivity index (χ2n) is 18.9. The maximum atomic E-state index is 14.1. The smallest absolute Gasteiger partial charge is 0.324 e. The number of carbonyl (C=O) groups excluding carboxylic acids is 3. The van der Waals surface area contributed by atoms with Crippen LogP contribution in [0.15, 0.2) is 194 Å². The summed E-state index contributed by atoms with van der Waals surface area (Å²) < 4.78 is 20.4. The van der Waals surface area contributed by atoms with Crippen LogP contribution in [0.5, 0.6) is 5.75 Å². The molecule has 366 valence electrons. The SMILES string of the molecule is O=C1O[C@H](c2ccccc2)[C@H](c2ccccc2)N[C@H]1CCc1c[n+](C[C@H](O)CC[C@@H]2N[C@@H](c3ccccc3)[C@@H](c3ccccc3)OC2=O)cc(O)c1C[C@@H]1N[C@@H](c2ccccc2)[C@@H](c2ccccc2)OC1=O. The van der Waals surface area contributed by atoms with Gasteiger partial charge in [-0.25, -0.2) is 0 Å². The first-order valence-electron chi connectivity index (χ1n) is 24.9. The molecule has 12 nitrogen and oxygen atoms in total. The van der Waals surface area contributed by atoms with Crippen LogP contribution in [0.25, 0.3) is 0 Å². The minimum absolute atomic E-state index is 0.0728. The van der Waals surface area contributed by atoms with E-state index in [-0.39, 0.29) is 49.2 Å². The zero-order valence-electron chi connectivity index (χ0n) is 39.8. The maximum Gasteiger partial charge on any atom is 0.324 e. The van der Waals surface area contributed by atoms with Gasteiger partial charge < -0.3 is 24.4 Å². The molecule has 3 aliphatic heterocycles. The average Bonchev–Trinajstić information content (AvgIpc) is 3.42. The molecule has 0 unspecified atom stereocenters. The molecule has 7 aromatic rings. The maximum absolute atomic E-state index is 14.1. The lowest BCUT2D eigenvalue weighted by Crippen LogP contribution is -2.50. The van der Waals surface area contributed by atoms with Gasteiger partial charge in [-0.05, 0) is 59.1 Å². The fraction of sp³-hybridized carbons (Fsp3) is 0.267. The quantitative estimate of drug-likeness (QED) is 0.0361. The second kappa shape index (κ2) is 22.3. The van der Waals surface area contributed by atoms with E-state index in [1.807, 2.05) is 188 Å². The number of nitrogens with zero attached hydrogens (tertiary/aromatic N) is 1. The molecule has 0 radical (unpaired) electrons. The number of carbonyl (C=O) groups is 3. The summed E-state index contributed by atoms with van der Waals surface area (Å²) in [4.78, 5) is 41.6. The standard InChI is InChI=1S/C60H58N4O8/c65-46(32-34-49-59(68)71-56(43-27-15-5-16-28-43)53(62-49)40-21-9-2-10-22-40)37-64-36-45(31-33-48-58(67)70-55(42-25-13-4-14-26-42)52(61-48)39-19-7-1-8-20-39)47(51(66)38-64)35-50-60(69)72-57(44-29-17-6-18-30-44)54(63-50)41-23-11-3-12-24-41/h1-30,36,38,46,48-50,52-57,61-63,65H,31-35,37H2/p+1/t46-,48+,49+,50+,52+,53+,54+,55-,56-,57-/m1/s1. The van der Waals surface area contributed by atoms with Gasteiger partial charge in [0.05, 0.1) is 18.1 Å². The van der Waals surface area contributed by atoms with E-state index >= 15 is 0 Å². The van der Waals surface area contributed by atoms with Crippen molar-refractivity contribution in [2.24, 2.45) is 0 Å². The Bertz CT molecular complexity index is 2920. The highest BCUT2D eigenvalue weighted by molar-refractivity contribution is 5.79. The Labute approximate surface area is 419 Å². The Kier molecular flexibility index (Phi) is 14.9. The highest BCUT2D eigenvalue weighted by atomic mass is 16.6. The third kappa shape index (κ3) is 11.0. The summed E-state index contributed by atoms with van der Waals surface area (Å²) in [5.41, 5.74) is 6.71. The number of benzene rings is 6. The number of pyridine rings is 1. The summed E-state index contributed by atoms with van der Waals surface area (Å²) in [5, 5.41) is 34.4. The number of esters is 3. The van der Waals surface area contributed by atoms with Gasteiger partial charge in [0.25, 0.3) is 0 Å². The summed E-state index contributed by atoms with van der Waals surface area (Å²) in [6.07, 6.45) is 2.07. The average molecular weight is 964 g/mol. The van der Waals surface area contributed by atoms with Crippen molar-refractivity contribution in [2.45, 2.75) is 99.3 Å². The fourth-order valence-corrected chi connectivity index (χ4v) is 10.5. The largest absolute Gasteiger partial charge is 0.503 e. The number of aromatic nitrogens is 1. The van der Waals surface area contributed by atoms with Gasteiger partial charge in [-0.3, -0.25) is 30.3 Å². The van der Waals surface area contributed by atoms with E-state index in [2.05, 4.69) is 16.0 Å². The number of aromatic hydroxyl groups is 1. The molecule has 4 heterocycles. The van der Waals surface area contributed by atoms with Crippen LogP contribution < -0.4 is 20.5 Å². The van der Waals surface area contributed by atoms with Gasteiger partial charge in [0, 0.05) is 17.5 Å². The van der Waals surface area contributed by atoms with Crippen LogP contribution in [-0.4, -0.2) is 52.4 Å². The third-order valence-corrected chi connectivity index (χ3v) is 14.1. The molecule has 0 amide bonds. The van der Waals surface area contributed by atoms with E-state index in [4.69, 9.17) is 14.2 Å². The lowest BCUT2D eigenvalue weighted by molar-refractivity contribution is -0.704. The molecule has 0 bridgehead atoms. The molecule has 10 atom stereocenters. The molecular formula is C60H59N4O8+. The van der Waals surface area contributed by atoms with Gasteiger partial charge in [0.1, 0.15) is 42.5 Å². The number of hydrogen-bond acceptors (Lipinski definition) is 11. The normalized spacial score (nSPS) is 24.6. The van der Waals surface area contributed by atoms with E-state index < -0.39 is 54.5 Å². The molecule has 1 aromatic heterocycles. The first-order valence-corrected chi connectivity index (χ1v) is 24.9. The van der Waals surface area contributed by atoms with Crippen molar-refractivity contribution in [1.29, 1.82) is 0 Å². The summed E-state index contributed by atoms with van der Waals surface area (Å²) >= 11 is 0. The van der Waals surface area contributed by atoms with Crippen molar-refractivity contribution in [3.8, 4) is 5.75 Å². The number of morpholine rings is 3. The number of nitrogens with one attached hydrogen (secondary N) is 3. The number of ether oxygens (including phenoxy) is 3. The summed E-state index contributed by atoms with van der Waals surface area (Å²) in [6.45, 7) is 0.0917. The van der Waals surface area contributed by atoms with Crippen molar-refractivity contribution in [3.63, 3.8) is 0 Å². The molecule has 3 aliphatic rings. The lowest BCUT2D eigenvalue weighted by atomic mass is 9.90. The van der Waals surface area contributed by atoms with Crippen LogP contribution in [-0.2, 0) is 48.0 Å².